The van der Waals surface area contributed by atoms with Crippen molar-refractivity contribution in [3.8, 4) is 5.75 Å². The fourth-order valence-electron chi connectivity index (χ4n) is 3.95. The Kier molecular flexibility index (Phi) is 4.93. The molecule has 0 saturated carbocycles. The fourth-order valence-corrected chi connectivity index (χ4v) is 3.95. The molecule has 1 saturated heterocycles. The van der Waals surface area contributed by atoms with Crippen molar-refractivity contribution in [2.24, 2.45) is 0 Å². The first kappa shape index (κ1) is 17.0. The van der Waals surface area contributed by atoms with Crippen LogP contribution in [-0.4, -0.2) is 23.9 Å². The van der Waals surface area contributed by atoms with Gasteiger partial charge in [0.2, 0.25) is 0 Å². The molecule has 3 N–H and O–H groups in total. The Hall–Kier alpha value is -1.84. The van der Waals surface area contributed by atoms with Gasteiger partial charge in [0, 0.05) is 17.6 Å². The average molecular weight is 326 g/mol. The van der Waals surface area contributed by atoms with Crippen LogP contribution in [0.2, 0.25) is 0 Å². The number of rotatable bonds is 5. The Balaban J connectivity index is 1.74. The number of quaternary nitrogens is 1. The topological polar surface area (TPSA) is 46.1 Å². The molecular formula is C21H28NO2+. The monoisotopic (exact) mass is 326 g/mol. The van der Waals surface area contributed by atoms with E-state index in [1.54, 1.807) is 12.1 Å². The van der Waals surface area contributed by atoms with E-state index in [0.29, 0.717) is 5.75 Å². The number of hydrogen-bond donors (Lipinski definition) is 2. The third kappa shape index (κ3) is 3.97. The Morgan fingerprint density at radius 3 is 2.42 bits per heavy atom. The number of nitrogens with two attached hydrogens (primary N) is 1. The highest BCUT2D eigenvalue weighted by Crippen LogP contribution is 2.40. The molecule has 1 fully saturated rings. The van der Waals surface area contributed by atoms with Gasteiger partial charge in [0.05, 0.1) is 12.1 Å². The van der Waals surface area contributed by atoms with Crippen LogP contribution in [0.25, 0.3) is 0 Å². The zero-order valence-corrected chi connectivity index (χ0v) is 14.7. The molecule has 24 heavy (non-hydrogen) atoms. The second-order valence-corrected chi connectivity index (χ2v) is 7.54. The van der Waals surface area contributed by atoms with E-state index in [-0.39, 0.29) is 11.0 Å². The van der Waals surface area contributed by atoms with Gasteiger partial charge in [-0.05, 0) is 56.5 Å². The Morgan fingerprint density at radius 1 is 1.04 bits per heavy atom. The molecule has 0 aliphatic carbocycles. The van der Waals surface area contributed by atoms with Crippen LogP contribution < -0.4 is 5.32 Å². The molecule has 0 aromatic heterocycles. The summed E-state index contributed by atoms with van der Waals surface area (Å²) >= 11 is 0. The van der Waals surface area contributed by atoms with Gasteiger partial charge in [0.25, 0.3) is 0 Å². The van der Waals surface area contributed by atoms with Crippen molar-refractivity contribution in [3.63, 3.8) is 0 Å². The lowest BCUT2D eigenvalue weighted by Crippen LogP contribution is -2.86. The minimum absolute atomic E-state index is 0.0829. The van der Waals surface area contributed by atoms with Gasteiger partial charge < -0.3 is 15.2 Å². The third-order valence-electron chi connectivity index (χ3n) is 5.08. The molecule has 0 spiro atoms. The van der Waals surface area contributed by atoms with Crippen molar-refractivity contribution < 1.29 is 15.2 Å². The van der Waals surface area contributed by atoms with E-state index in [2.05, 4.69) is 49.5 Å². The van der Waals surface area contributed by atoms with Crippen LogP contribution >= 0.6 is 0 Å². The molecular weight excluding hydrogens is 298 g/mol. The Labute approximate surface area is 144 Å². The summed E-state index contributed by atoms with van der Waals surface area (Å²) in [5.74, 6) is 0.325. The van der Waals surface area contributed by atoms with Crippen LogP contribution in [0.1, 0.15) is 37.8 Å². The maximum Gasteiger partial charge on any atom is 0.115 e. The van der Waals surface area contributed by atoms with Gasteiger partial charge >= 0.3 is 0 Å². The maximum absolute atomic E-state index is 9.41. The van der Waals surface area contributed by atoms with Gasteiger partial charge in [0.15, 0.2) is 0 Å². The summed E-state index contributed by atoms with van der Waals surface area (Å²) in [5, 5.41) is 11.8. The largest absolute Gasteiger partial charge is 0.508 e. The number of ether oxygens (including phenoxy) is 1. The lowest BCUT2D eigenvalue weighted by Gasteiger charge is -2.44. The van der Waals surface area contributed by atoms with Gasteiger partial charge in [0.1, 0.15) is 12.3 Å². The van der Waals surface area contributed by atoms with E-state index in [4.69, 9.17) is 4.74 Å². The van der Waals surface area contributed by atoms with E-state index in [9.17, 15) is 5.11 Å². The number of hydrogen-bond acceptors (Lipinski definition) is 2. The van der Waals surface area contributed by atoms with Crippen LogP contribution in [0.15, 0.2) is 54.6 Å². The molecule has 3 nitrogen and oxygen atoms in total. The molecule has 1 heterocycles. The molecule has 3 heteroatoms. The smallest absolute Gasteiger partial charge is 0.115 e. The van der Waals surface area contributed by atoms with Gasteiger partial charge in [-0.3, -0.25) is 0 Å². The van der Waals surface area contributed by atoms with Gasteiger partial charge in [-0.2, -0.15) is 0 Å². The Morgan fingerprint density at radius 2 is 1.75 bits per heavy atom. The predicted octanol–water partition coefficient (Wildman–Crippen LogP) is 2.98. The minimum atomic E-state index is -0.0829. The van der Waals surface area contributed by atoms with E-state index < -0.39 is 0 Å². The molecule has 0 unspecified atom stereocenters. The standard InChI is InChI=1S/C21H27NO2/c1-20(2)15-21(12-13-24-20,18-6-4-3-5-7-18)16-22-14-17-8-10-19(23)11-9-17/h3-11,22-23H,12-16H2,1-2H3/p+1/t21-/m1/s1. The number of phenolic OH excluding ortho intramolecular Hbond substituents is 1. The zero-order valence-electron chi connectivity index (χ0n) is 14.7. The molecule has 3 rings (SSSR count). The number of aromatic hydroxyl groups is 1. The molecule has 0 radical (unpaired) electrons. The quantitative estimate of drug-likeness (QED) is 0.887. The first-order chi connectivity index (χ1) is 11.5. The number of benzene rings is 2. The molecule has 2 aromatic carbocycles. The van der Waals surface area contributed by atoms with Gasteiger partial charge in [-0.25, -0.2) is 0 Å². The summed E-state index contributed by atoms with van der Waals surface area (Å²) in [6, 6.07) is 18.4. The minimum Gasteiger partial charge on any atom is -0.508 e. The van der Waals surface area contributed by atoms with E-state index in [0.717, 1.165) is 32.5 Å². The highest BCUT2D eigenvalue weighted by Gasteiger charge is 2.43. The van der Waals surface area contributed by atoms with Crippen LogP contribution in [0.5, 0.6) is 5.75 Å². The summed E-state index contributed by atoms with van der Waals surface area (Å²) in [5.41, 5.74) is 2.73. The lowest BCUT2D eigenvalue weighted by atomic mass is 9.69. The Bertz CT molecular complexity index is 651. The molecule has 2 aromatic rings. The van der Waals surface area contributed by atoms with E-state index in [1.165, 1.54) is 11.1 Å². The molecule has 0 amide bonds. The number of phenols is 1. The van der Waals surface area contributed by atoms with Gasteiger partial charge in [-0.1, -0.05) is 30.3 Å². The summed E-state index contributed by atoms with van der Waals surface area (Å²) < 4.78 is 5.98. The summed E-state index contributed by atoms with van der Waals surface area (Å²) in [7, 11) is 0. The zero-order chi connectivity index (χ0) is 17.0. The van der Waals surface area contributed by atoms with Crippen LogP contribution in [0, 0.1) is 0 Å². The molecule has 0 bridgehead atoms. The molecule has 128 valence electrons. The normalized spacial score (nSPS) is 23.1. The van der Waals surface area contributed by atoms with E-state index in [1.807, 2.05) is 12.1 Å². The first-order valence-electron chi connectivity index (χ1n) is 8.78. The van der Waals surface area contributed by atoms with Crippen LogP contribution in [0.3, 0.4) is 0 Å². The predicted molar refractivity (Wildman–Crippen MR) is 96.0 cm³/mol. The van der Waals surface area contributed by atoms with Crippen molar-refractivity contribution in [2.45, 2.75) is 44.2 Å². The lowest BCUT2D eigenvalue weighted by molar-refractivity contribution is -0.679. The van der Waals surface area contributed by atoms with Crippen molar-refractivity contribution in [2.75, 3.05) is 13.2 Å². The van der Waals surface area contributed by atoms with E-state index >= 15 is 0 Å². The first-order valence-corrected chi connectivity index (χ1v) is 8.78. The van der Waals surface area contributed by atoms with Crippen molar-refractivity contribution in [1.29, 1.82) is 0 Å². The molecule has 1 atom stereocenters. The SMILES string of the molecule is CC1(C)C[C@](C[NH2+]Cc2ccc(O)cc2)(c2ccccc2)CCO1. The highest BCUT2D eigenvalue weighted by molar-refractivity contribution is 5.27. The third-order valence-corrected chi connectivity index (χ3v) is 5.08. The highest BCUT2D eigenvalue weighted by atomic mass is 16.5. The van der Waals surface area contributed by atoms with Crippen molar-refractivity contribution >= 4 is 0 Å². The van der Waals surface area contributed by atoms with Crippen LogP contribution in [0.4, 0.5) is 0 Å². The van der Waals surface area contributed by atoms with Crippen molar-refractivity contribution in [3.05, 3.63) is 65.7 Å². The summed E-state index contributed by atoms with van der Waals surface area (Å²) in [6.45, 7) is 7.18. The average Bonchev–Trinajstić information content (AvgIpc) is 2.57. The molecule has 1 aliphatic heterocycles. The second kappa shape index (κ2) is 6.96. The fraction of sp³-hybridized carbons (Fsp3) is 0.429. The summed E-state index contributed by atoms with van der Waals surface area (Å²) in [4.78, 5) is 0. The maximum atomic E-state index is 9.41. The van der Waals surface area contributed by atoms with Crippen LogP contribution in [-0.2, 0) is 16.7 Å². The second-order valence-electron chi connectivity index (χ2n) is 7.54. The summed E-state index contributed by atoms with van der Waals surface area (Å²) in [6.07, 6.45) is 2.10. The molecule has 1 aliphatic rings. The van der Waals surface area contributed by atoms with Crippen molar-refractivity contribution in [1.82, 2.24) is 0 Å². The van der Waals surface area contributed by atoms with Gasteiger partial charge in [-0.15, -0.1) is 0 Å².